The molecule has 0 aliphatic heterocycles. The molecule has 0 atom stereocenters. The van der Waals surface area contributed by atoms with E-state index in [2.05, 4.69) is 10.3 Å². The SMILES string of the molecule is CC(C)(C)NCc1cnc(OCC(F)F)c(Cl)c1. The summed E-state index contributed by atoms with van der Waals surface area (Å²) in [5, 5.41) is 3.52. The quantitative estimate of drug-likeness (QED) is 0.898. The van der Waals surface area contributed by atoms with Crippen LogP contribution in [-0.4, -0.2) is 23.6 Å². The average Bonchev–Trinajstić information content (AvgIpc) is 2.24. The molecule has 0 bridgehead atoms. The lowest BCUT2D eigenvalue weighted by Gasteiger charge is -2.20. The minimum absolute atomic E-state index is 0.0165. The second-order valence-electron chi connectivity index (χ2n) is 4.94. The predicted molar refractivity (Wildman–Crippen MR) is 67.3 cm³/mol. The number of nitrogens with zero attached hydrogens (tertiary/aromatic N) is 1. The summed E-state index contributed by atoms with van der Waals surface area (Å²) < 4.78 is 28.7. The number of halogens is 3. The minimum atomic E-state index is -2.54. The fourth-order valence-corrected chi connectivity index (χ4v) is 1.42. The first kappa shape index (κ1) is 15.1. The van der Waals surface area contributed by atoms with Crippen LogP contribution in [0.1, 0.15) is 26.3 Å². The van der Waals surface area contributed by atoms with Gasteiger partial charge in [-0.3, -0.25) is 0 Å². The van der Waals surface area contributed by atoms with Crippen LogP contribution in [0.2, 0.25) is 5.02 Å². The van der Waals surface area contributed by atoms with Gasteiger partial charge >= 0.3 is 0 Å². The van der Waals surface area contributed by atoms with Gasteiger partial charge in [0.15, 0.2) is 6.61 Å². The van der Waals surface area contributed by atoms with Gasteiger partial charge in [0.2, 0.25) is 5.88 Å². The fraction of sp³-hybridized carbons (Fsp3) is 0.583. The van der Waals surface area contributed by atoms with Crippen LogP contribution >= 0.6 is 11.6 Å². The maximum Gasteiger partial charge on any atom is 0.272 e. The zero-order chi connectivity index (χ0) is 13.8. The van der Waals surface area contributed by atoms with Crippen molar-refractivity contribution >= 4 is 11.6 Å². The zero-order valence-electron chi connectivity index (χ0n) is 10.6. The maximum atomic E-state index is 12.0. The Bertz CT molecular complexity index is 394. The molecule has 18 heavy (non-hydrogen) atoms. The number of pyridine rings is 1. The summed E-state index contributed by atoms with van der Waals surface area (Å²) in [6, 6.07) is 1.66. The van der Waals surface area contributed by atoms with E-state index in [0.717, 1.165) is 5.56 Å². The Morgan fingerprint density at radius 2 is 2.11 bits per heavy atom. The molecule has 0 saturated heterocycles. The molecule has 1 N–H and O–H groups in total. The van der Waals surface area contributed by atoms with Crippen molar-refractivity contribution in [1.82, 2.24) is 10.3 Å². The van der Waals surface area contributed by atoms with E-state index >= 15 is 0 Å². The van der Waals surface area contributed by atoms with E-state index in [9.17, 15) is 8.78 Å². The first-order valence-corrected chi connectivity index (χ1v) is 5.96. The fourth-order valence-electron chi connectivity index (χ4n) is 1.18. The topological polar surface area (TPSA) is 34.2 Å². The third-order valence-corrected chi connectivity index (χ3v) is 2.30. The molecular weight excluding hydrogens is 262 g/mol. The normalized spacial score (nSPS) is 11.9. The summed E-state index contributed by atoms with van der Waals surface area (Å²) in [6.07, 6.45) is -0.976. The molecule has 0 radical (unpaired) electrons. The van der Waals surface area contributed by atoms with Gasteiger partial charge in [-0.1, -0.05) is 11.6 Å². The van der Waals surface area contributed by atoms with E-state index in [1.807, 2.05) is 20.8 Å². The number of ether oxygens (including phenoxy) is 1. The van der Waals surface area contributed by atoms with Gasteiger partial charge in [0.25, 0.3) is 6.43 Å². The van der Waals surface area contributed by atoms with E-state index in [1.54, 1.807) is 12.3 Å². The Labute approximate surface area is 111 Å². The molecule has 1 aromatic heterocycles. The van der Waals surface area contributed by atoms with Gasteiger partial charge in [0.1, 0.15) is 5.02 Å². The van der Waals surface area contributed by atoms with Crippen LogP contribution in [-0.2, 0) is 6.54 Å². The standard InChI is InChI=1S/C12H17ClF2N2O/c1-12(2,3)17-6-8-4-9(13)11(16-5-8)18-7-10(14)15/h4-5,10,17H,6-7H2,1-3H3. The summed E-state index contributed by atoms with van der Waals surface area (Å²) in [7, 11) is 0. The van der Waals surface area contributed by atoms with Crippen molar-refractivity contribution in [1.29, 1.82) is 0 Å². The lowest BCUT2D eigenvalue weighted by Crippen LogP contribution is -2.35. The van der Waals surface area contributed by atoms with Crippen LogP contribution in [0.3, 0.4) is 0 Å². The van der Waals surface area contributed by atoms with Crippen LogP contribution < -0.4 is 10.1 Å². The predicted octanol–water partition coefficient (Wildman–Crippen LogP) is 3.27. The van der Waals surface area contributed by atoms with E-state index in [0.29, 0.717) is 6.54 Å². The van der Waals surface area contributed by atoms with Crippen molar-refractivity contribution in [3.05, 3.63) is 22.8 Å². The molecule has 1 rings (SSSR count). The number of rotatable bonds is 5. The first-order valence-electron chi connectivity index (χ1n) is 5.58. The summed E-state index contributed by atoms with van der Waals surface area (Å²) in [5.41, 5.74) is 0.858. The van der Waals surface area contributed by atoms with Crippen LogP contribution in [0.4, 0.5) is 8.78 Å². The van der Waals surface area contributed by atoms with Crippen molar-refractivity contribution in [2.24, 2.45) is 0 Å². The summed E-state index contributed by atoms with van der Waals surface area (Å²) in [5.74, 6) is 0.0384. The molecule has 3 nitrogen and oxygen atoms in total. The third kappa shape index (κ3) is 5.60. The van der Waals surface area contributed by atoms with E-state index in [1.165, 1.54) is 0 Å². The summed E-state index contributed by atoms with van der Waals surface area (Å²) in [6.45, 7) is 6.03. The smallest absolute Gasteiger partial charge is 0.272 e. The molecule has 0 amide bonds. The van der Waals surface area contributed by atoms with Crippen molar-refractivity contribution in [3.63, 3.8) is 0 Å². The highest BCUT2D eigenvalue weighted by molar-refractivity contribution is 6.31. The lowest BCUT2D eigenvalue weighted by molar-refractivity contribution is 0.0796. The van der Waals surface area contributed by atoms with Gasteiger partial charge in [-0.2, -0.15) is 0 Å². The van der Waals surface area contributed by atoms with Crippen LogP contribution in [0.15, 0.2) is 12.3 Å². The molecule has 0 aliphatic rings. The monoisotopic (exact) mass is 278 g/mol. The summed E-state index contributed by atoms with van der Waals surface area (Å²) in [4.78, 5) is 3.92. The molecule has 102 valence electrons. The molecule has 0 unspecified atom stereocenters. The van der Waals surface area contributed by atoms with Crippen molar-refractivity contribution in [2.75, 3.05) is 6.61 Å². The molecule has 6 heteroatoms. The Balaban J connectivity index is 2.62. The van der Waals surface area contributed by atoms with Crippen LogP contribution in [0.5, 0.6) is 5.88 Å². The van der Waals surface area contributed by atoms with Crippen molar-refractivity contribution < 1.29 is 13.5 Å². The maximum absolute atomic E-state index is 12.0. The first-order chi connectivity index (χ1) is 8.28. The number of alkyl halides is 2. The third-order valence-electron chi connectivity index (χ3n) is 2.03. The van der Waals surface area contributed by atoms with Gasteiger partial charge in [-0.05, 0) is 32.4 Å². The number of aromatic nitrogens is 1. The Kier molecular flexibility index (Phi) is 5.28. The van der Waals surface area contributed by atoms with Gasteiger partial charge in [-0.25, -0.2) is 13.8 Å². The van der Waals surface area contributed by atoms with E-state index < -0.39 is 13.0 Å². The number of hydrogen-bond acceptors (Lipinski definition) is 3. The Morgan fingerprint density at radius 1 is 1.44 bits per heavy atom. The largest absolute Gasteiger partial charge is 0.471 e. The Morgan fingerprint density at radius 3 is 2.61 bits per heavy atom. The second-order valence-corrected chi connectivity index (χ2v) is 5.34. The van der Waals surface area contributed by atoms with Crippen LogP contribution in [0, 0.1) is 0 Å². The van der Waals surface area contributed by atoms with Crippen molar-refractivity contribution in [2.45, 2.75) is 39.3 Å². The highest BCUT2D eigenvalue weighted by Crippen LogP contribution is 2.23. The molecule has 0 spiro atoms. The minimum Gasteiger partial charge on any atom is -0.471 e. The second kappa shape index (κ2) is 6.29. The van der Waals surface area contributed by atoms with Gasteiger partial charge in [0.05, 0.1) is 0 Å². The van der Waals surface area contributed by atoms with Gasteiger partial charge < -0.3 is 10.1 Å². The summed E-state index contributed by atoms with van der Waals surface area (Å²) >= 11 is 5.90. The molecule has 0 saturated carbocycles. The molecule has 1 aromatic rings. The van der Waals surface area contributed by atoms with E-state index in [4.69, 9.17) is 16.3 Å². The average molecular weight is 279 g/mol. The molecule has 1 heterocycles. The van der Waals surface area contributed by atoms with E-state index in [-0.39, 0.29) is 16.4 Å². The van der Waals surface area contributed by atoms with Crippen LogP contribution in [0.25, 0.3) is 0 Å². The van der Waals surface area contributed by atoms with Crippen molar-refractivity contribution in [3.8, 4) is 5.88 Å². The molecule has 0 fully saturated rings. The molecule has 0 aliphatic carbocycles. The highest BCUT2D eigenvalue weighted by atomic mass is 35.5. The highest BCUT2D eigenvalue weighted by Gasteiger charge is 2.11. The number of hydrogen-bond donors (Lipinski definition) is 1. The Hall–Kier alpha value is -0.940. The number of nitrogens with one attached hydrogen (secondary N) is 1. The lowest BCUT2D eigenvalue weighted by atomic mass is 10.1. The molecular formula is C12H17ClF2N2O. The molecule has 0 aromatic carbocycles. The van der Waals surface area contributed by atoms with Gasteiger partial charge in [0, 0.05) is 18.3 Å². The van der Waals surface area contributed by atoms with Gasteiger partial charge in [-0.15, -0.1) is 0 Å². The zero-order valence-corrected chi connectivity index (χ0v) is 11.4.